The molecule has 0 spiro atoms. The first-order chi connectivity index (χ1) is 17.6. The molecule has 1 saturated heterocycles. The Hall–Kier alpha value is -3.07. The van der Waals surface area contributed by atoms with Gasteiger partial charge in [-0.1, -0.05) is 91.0 Å². The van der Waals surface area contributed by atoms with Gasteiger partial charge in [0.05, 0.1) is 26.4 Å². The van der Waals surface area contributed by atoms with Gasteiger partial charge >= 0.3 is 0 Å². The van der Waals surface area contributed by atoms with Crippen LogP contribution in [0.1, 0.15) is 23.6 Å². The molecule has 3 aromatic carbocycles. The number of hydrogen-bond acceptors (Lipinski definition) is 6. The van der Waals surface area contributed by atoms with E-state index >= 15 is 0 Å². The Labute approximate surface area is 212 Å². The van der Waals surface area contributed by atoms with Gasteiger partial charge in [-0.25, -0.2) is 0 Å². The molecule has 1 aliphatic rings. The highest BCUT2D eigenvalue weighted by atomic mass is 16.7. The lowest BCUT2D eigenvalue weighted by Gasteiger charge is -2.44. The molecule has 1 fully saturated rings. The van der Waals surface area contributed by atoms with Crippen LogP contribution in [-0.2, 0) is 43.6 Å². The highest BCUT2D eigenvalue weighted by Gasteiger charge is 2.47. The minimum atomic E-state index is -1.28. The average Bonchev–Trinajstić information content (AvgIpc) is 2.90. The van der Waals surface area contributed by atoms with E-state index in [9.17, 15) is 9.90 Å². The number of amides is 1. The summed E-state index contributed by atoms with van der Waals surface area (Å²) < 4.78 is 24.6. The van der Waals surface area contributed by atoms with Crippen LogP contribution in [0.3, 0.4) is 0 Å². The third-order valence-corrected chi connectivity index (χ3v) is 6.00. The molecular formula is C29H33NO6. The van der Waals surface area contributed by atoms with E-state index in [1.165, 1.54) is 6.92 Å². The van der Waals surface area contributed by atoms with Gasteiger partial charge in [0.2, 0.25) is 5.91 Å². The molecule has 36 heavy (non-hydrogen) atoms. The number of aliphatic hydroxyl groups excluding tert-OH is 1. The lowest BCUT2D eigenvalue weighted by molar-refractivity contribution is -0.277. The van der Waals surface area contributed by atoms with E-state index in [0.717, 1.165) is 16.7 Å². The van der Waals surface area contributed by atoms with Crippen LogP contribution in [0, 0.1) is 0 Å². The van der Waals surface area contributed by atoms with E-state index in [1.807, 2.05) is 91.0 Å². The van der Waals surface area contributed by atoms with Gasteiger partial charge < -0.3 is 29.4 Å². The van der Waals surface area contributed by atoms with Crippen molar-refractivity contribution in [1.29, 1.82) is 0 Å². The molecule has 1 heterocycles. The van der Waals surface area contributed by atoms with Gasteiger partial charge in [-0.15, -0.1) is 0 Å². The average molecular weight is 492 g/mol. The molecule has 0 radical (unpaired) electrons. The molecule has 1 amide bonds. The first-order valence-corrected chi connectivity index (χ1v) is 12.1. The number of nitrogens with one attached hydrogen (secondary N) is 1. The smallest absolute Gasteiger partial charge is 0.217 e. The summed E-state index contributed by atoms with van der Waals surface area (Å²) in [5.41, 5.74) is 2.99. The summed E-state index contributed by atoms with van der Waals surface area (Å²) in [5.74, 6) is -0.295. The van der Waals surface area contributed by atoms with Crippen molar-refractivity contribution in [2.24, 2.45) is 0 Å². The zero-order chi connectivity index (χ0) is 25.2. The predicted octanol–water partition coefficient (Wildman–Crippen LogP) is 3.60. The van der Waals surface area contributed by atoms with Gasteiger partial charge in [0, 0.05) is 6.92 Å². The molecule has 3 aromatic rings. The van der Waals surface area contributed by atoms with Crippen molar-refractivity contribution in [3.8, 4) is 0 Å². The van der Waals surface area contributed by atoms with Gasteiger partial charge in [0.1, 0.15) is 24.4 Å². The minimum Gasteiger partial charge on any atom is -0.374 e. The van der Waals surface area contributed by atoms with E-state index in [-0.39, 0.29) is 19.1 Å². The Morgan fingerprint density at radius 3 is 1.75 bits per heavy atom. The Morgan fingerprint density at radius 1 is 0.778 bits per heavy atom. The maximum Gasteiger partial charge on any atom is 0.217 e. The molecule has 5 atom stereocenters. The number of carbonyl (C=O) groups is 1. The number of ether oxygens (including phenoxy) is 4. The van der Waals surface area contributed by atoms with Crippen molar-refractivity contribution in [3.63, 3.8) is 0 Å². The summed E-state index contributed by atoms with van der Waals surface area (Å²) in [5, 5.41) is 13.6. The second-order valence-corrected chi connectivity index (χ2v) is 8.81. The van der Waals surface area contributed by atoms with Crippen molar-refractivity contribution in [3.05, 3.63) is 108 Å². The topological polar surface area (TPSA) is 86.3 Å². The molecule has 0 saturated carbocycles. The maximum absolute atomic E-state index is 12.0. The number of hydrogen-bond donors (Lipinski definition) is 2. The van der Waals surface area contributed by atoms with Gasteiger partial charge in [0.15, 0.2) is 6.29 Å². The third kappa shape index (κ3) is 7.46. The first-order valence-electron chi connectivity index (χ1n) is 12.1. The zero-order valence-corrected chi connectivity index (χ0v) is 20.4. The molecule has 190 valence electrons. The molecular weight excluding hydrogens is 458 g/mol. The molecule has 7 nitrogen and oxygen atoms in total. The molecule has 0 aliphatic carbocycles. The SMILES string of the molecule is CC(=O)N[C@H]1[C@@H](OCc2ccccc2)[C@H](OCc2ccccc2)[C@@H](COCc2ccccc2)O[C@@H]1O. The number of carbonyl (C=O) groups excluding carboxylic acids is 1. The standard InChI is InChI=1S/C29H33NO6/c1-21(31)30-26-28(35-19-24-15-9-4-10-16-24)27(34-18-23-13-7-3-8-14-23)25(36-29(26)32)20-33-17-22-11-5-2-6-12-22/h2-16,25-29,32H,17-20H2,1H3,(H,30,31)/t25-,26+,27-,28-,29+/m1/s1. The summed E-state index contributed by atoms with van der Waals surface area (Å²) in [6, 6.07) is 28.6. The van der Waals surface area contributed by atoms with Gasteiger partial charge in [-0.3, -0.25) is 4.79 Å². The fourth-order valence-electron chi connectivity index (χ4n) is 4.24. The Bertz CT molecular complexity index is 1050. The van der Waals surface area contributed by atoms with E-state index < -0.39 is 30.6 Å². The normalized spacial score (nSPS) is 23.8. The van der Waals surface area contributed by atoms with Crippen LogP contribution >= 0.6 is 0 Å². The highest BCUT2D eigenvalue weighted by molar-refractivity contribution is 5.73. The molecule has 0 bridgehead atoms. The molecule has 0 unspecified atom stereocenters. The van der Waals surface area contributed by atoms with E-state index in [4.69, 9.17) is 18.9 Å². The van der Waals surface area contributed by atoms with Crippen LogP contribution in [0.15, 0.2) is 91.0 Å². The zero-order valence-electron chi connectivity index (χ0n) is 20.4. The van der Waals surface area contributed by atoms with Crippen LogP contribution in [0.2, 0.25) is 0 Å². The van der Waals surface area contributed by atoms with Crippen molar-refractivity contribution in [2.45, 2.75) is 57.4 Å². The lowest BCUT2D eigenvalue weighted by atomic mass is 9.96. The second kappa shape index (κ2) is 13.3. The van der Waals surface area contributed by atoms with Crippen LogP contribution in [0.25, 0.3) is 0 Å². The quantitative estimate of drug-likeness (QED) is 0.426. The van der Waals surface area contributed by atoms with Gasteiger partial charge in [0.25, 0.3) is 0 Å². The minimum absolute atomic E-state index is 0.184. The summed E-state index contributed by atoms with van der Waals surface area (Å²) in [6.07, 6.45) is -3.17. The third-order valence-electron chi connectivity index (χ3n) is 6.00. The molecule has 2 N–H and O–H groups in total. The number of benzene rings is 3. The largest absolute Gasteiger partial charge is 0.374 e. The van der Waals surface area contributed by atoms with Crippen molar-refractivity contribution in [1.82, 2.24) is 5.32 Å². The summed E-state index contributed by atoms with van der Waals surface area (Å²) in [7, 11) is 0. The summed E-state index contributed by atoms with van der Waals surface area (Å²) in [6.45, 7) is 2.58. The second-order valence-electron chi connectivity index (χ2n) is 8.81. The fraction of sp³-hybridized carbons (Fsp3) is 0.345. The van der Waals surface area contributed by atoms with Crippen LogP contribution < -0.4 is 5.32 Å². The molecule has 0 aromatic heterocycles. The maximum atomic E-state index is 12.0. The van der Waals surface area contributed by atoms with E-state index in [1.54, 1.807) is 0 Å². The summed E-state index contributed by atoms with van der Waals surface area (Å²) >= 11 is 0. The van der Waals surface area contributed by atoms with Crippen LogP contribution in [0.4, 0.5) is 0 Å². The Morgan fingerprint density at radius 2 is 1.25 bits per heavy atom. The van der Waals surface area contributed by atoms with Crippen LogP contribution in [-0.4, -0.2) is 48.3 Å². The number of rotatable bonds is 11. The predicted molar refractivity (Wildman–Crippen MR) is 135 cm³/mol. The van der Waals surface area contributed by atoms with E-state index in [0.29, 0.717) is 13.2 Å². The first kappa shape index (κ1) is 26.0. The van der Waals surface area contributed by atoms with E-state index in [2.05, 4.69) is 5.32 Å². The Balaban J connectivity index is 1.53. The van der Waals surface area contributed by atoms with Gasteiger partial charge in [-0.2, -0.15) is 0 Å². The lowest BCUT2D eigenvalue weighted by Crippen LogP contribution is -2.65. The highest BCUT2D eigenvalue weighted by Crippen LogP contribution is 2.27. The summed E-state index contributed by atoms with van der Waals surface area (Å²) in [4.78, 5) is 12.0. The van der Waals surface area contributed by atoms with Crippen molar-refractivity contribution in [2.75, 3.05) is 6.61 Å². The van der Waals surface area contributed by atoms with Crippen molar-refractivity contribution >= 4 is 5.91 Å². The van der Waals surface area contributed by atoms with Crippen molar-refractivity contribution < 1.29 is 28.8 Å². The fourth-order valence-corrected chi connectivity index (χ4v) is 4.24. The molecule has 1 aliphatic heterocycles. The monoisotopic (exact) mass is 491 g/mol. The van der Waals surface area contributed by atoms with Gasteiger partial charge in [-0.05, 0) is 16.7 Å². The Kier molecular flexibility index (Phi) is 9.61. The van der Waals surface area contributed by atoms with Crippen LogP contribution in [0.5, 0.6) is 0 Å². The number of aliphatic hydroxyl groups is 1. The molecule has 4 rings (SSSR count). The molecule has 7 heteroatoms.